The molecule has 10 rings (SSSR count). The lowest BCUT2D eigenvalue weighted by molar-refractivity contribution is -0.136. The van der Waals surface area contributed by atoms with Crippen LogP contribution in [0.4, 0.5) is 14.6 Å². The molecule has 5 atom stereocenters. The zero-order chi connectivity index (χ0) is 55.0. The van der Waals surface area contributed by atoms with Gasteiger partial charge in [-0.2, -0.15) is 0 Å². The summed E-state index contributed by atoms with van der Waals surface area (Å²) in [6, 6.07) is 18.4. The number of hydrogen-bond donors (Lipinski definition) is 4. The van der Waals surface area contributed by atoms with E-state index in [1.54, 1.807) is 12.4 Å². The maximum atomic E-state index is 14.5. The molecule has 15 nitrogen and oxygen atoms in total. The summed E-state index contributed by atoms with van der Waals surface area (Å²) in [5.74, 6) is -0.202. The third kappa shape index (κ3) is 14.0. The van der Waals surface area contributed by atoms with Crippen LogP contribution in [0, 0.1) is 23.5 Å². The van der Waals surface area contributed by atoms with E-state index in [9.17, 15) is 33.1 Å². The Hall–Kier alpha value is -5.59. The van der Waals surface area contributed by atoms with Crippen LogP contribution in [-0.4, -0.2) is 155 Å². The fourth-order valence-electron chi connectivity index (χ4n) is 13.4. The van der Waals surface area contributed by atoms with E-state index in [0.29, 0.717) is 93.4 Å². The van der Waals surface area contributed by atoms with Crippen molar-refractivity contribution in [2.75, 3.05) is 90.0 Å². The molecule has 2 aliphatic carbocycles. The van der Waals surface area contributed by atoms with Crippen LogP contribution in [-0.2, 0) is 20.9 Å². The van der Waals surface area contributed by atoms with Gasteiger partial charge in [0.1, 0.15) is 29.8 Å². The van der Waals surface area contributed by atoms with Gasteiger partial charge in [-0.25, -0.2) is 18.7 Å². The predicted molar refractivity (Wildman–Crippen MR) is 301 cm³/mol. The van der Waals surface area contributed by atoms with Gasteiger partial charge < -0.3 is 45.6 Å². The number of carbonyl (C=O) groups excluding carboxylic acids is 4. The molecular formula is C61H79ClF2N10O5. The van der Waals surface area contributed by atoms with Gasteiger partial charge in [-0.15, -0.1) is 0 Å². The second-order valence-corrected chi connectivity index (χ2v) is 23.7. The lowest BCUT2D eigenvalue weighted by Gasteiger charge is -2.40. The number of likely N-dealkylation sites (tertiary alicyclic amines) is 3. The van der Waals surface area contributed by atoms with E-state index >= 15 is 0 Å². The molecule has 0 bridgehead atoms. The van der Waals surface area contributed by atoms with Crippen molar-refractivity contribution in [1.29, 1.82) is 0 Å². The molecule has 1 saturated carbocycles. The molecule has 4 aliphatic heterocycles. The Balaban J connectivity index is 0.679. The second kappa shape index (κ2) is 26.3. The number of benzene rings is 3. The highest BCUT2D eigenvalue weighted by molar-refractivity contribution is 6.30. The fourth-order valence-corrected chi connectivity index (χ4v) is 13.5. The number of nitrogens with one attached hydrogen (secondary N) is 3. The van der Waals surface area contributed by atoms with E-state index < -0.39 is 23.8 Å². The topological polar surface area (TPSA) is 167 Å². The van der Waals surface area contributed by atoms with Crippen LogP contribution < -0.4 is 20.9 Å². The Kier molecular flexibility index (Phi) is 18.9. The highest BCUT2D eigenvalue weighted by Crippen LogP contribution is 2.43. The molecule has 4 aromatic rings. The first-order chi connectivity index (χ1) is 38.3. The lowest BCUT2D eigenvalue weighted by atomic mass is 9.82. The van der Waals surface area contributed by atoms with E-state index in [4.69, 9.17) is 11.6 Å². The molecule has 4 saturated heterocycles. The summed E-state index contributed by atoms with van der Waals surface area (Å²) in [7, 11) is 0. The number of aliphatic hydroxyl groups is 1. The largest absolute Gasteiger partial charge is 0.387 e. The number of aliphatic hydroxyl groups excluding tert-OH is 1. The first kappa shape index (κ1) is 56.7. The van der Waals surface area contributed by atoms with E-state index in [1.165, 1.54) is 12.1 Å². The minimum atomic E-state index is -0.650. The summed E-state index contributed by atoms with van der Waals surface area (Å²) < 4.78 is 27.5. The number of hydrogen-bond acceptors (Lipinski definition) is 11. The Morgan fingerprint density at radius 3 is 2.27 bits per heavy atom. The Labute approximate surface area is 469 Å². The van der Waals surface area contributed by atoms with Crippen LogP contribution >= 0.6 is 11.6 Å². The summed E-state index contributed by atoms with van der Waals surface area (Å²) in [5, 5.41) is 21.3. The monoisotopic (exact) mass is 1100 g/mol. The Morgan fingerprint density at radius 1 is 0.772 bits per heavy atom. The van der Waals surface area contributed by atoms with Gasteiger partial charge in [-0.05, 0) is 130 Å². The van der Waals surface area contributed by atoms with Crippen molar-refractivity contribution in [3.8, 4) is 0 Å². The molecule has 79 heavy (non-hydrogen) atoms. The van der Waals surface area contributed by atoms with Crippen LogP contribution in [0.1, 0.15) is 146 Å². The maximum Gasteiger partial charge on any atom is 0.251 e. The van der Waals surface area contributed by atoms with Crippen molar-refractivity contribution in [3.63, 3.8) is 0 Å². The number of halogens is 3. The molecule has 1 unspecified atom stereocenters. The molecular weight excluding hydrogens is 1030 g/mol. The van der Waals surface area contributed by atoms with Gasteiger partial charge in [-0.3, -0.25) is 19.2 Å². The number of piperazine rings is 1. The molecule has 0 spiro atoms. The minimum Gasteiger partial charge on any atom is -0.387 e. The number of rotatable bonds is 17. The van der Waals surface area contributed by atoms with Crippen molar-refractivity contribution in [1.82, 2.24) is 45.5 Å². The van der Waals surface area contributed by atoms with Crippen LogP contribution in [0.15, 0.2) is 73.1 Å². The van der Waals surface area contributed by atoms with E-state index in [0.717, 1.165) is 125 Å². The quantitative estimate of drug-likeness (QED) is 0.0825. The smallest absolute Gasteiger partial charge is 0.251 e. The number of aromatic nitrogens is 2. The van der Waals surface area contributed by atoms with Crippen LogP contribution in [0.2, 0.25) is 5.02 Å². The number of amides is 4. The lowest BCUT2D eigenvalue weighted by Crippen LogP contribution is -2.54. The molecule has 5 fully saturated rings. The number of fused-ring (bicyclic) bond motifs is 1. The number of piperidine rings is 3. The average molecular weight is 1110 g/mol. The fraction of sp³-hybridized carbons (Fsp3) is 0.574. The van der Waals surface area contributed by atoms with Gasteiger partial charge in [0, 0.05) is 112 Å². The first-order valence-corrected chi connectivity index (χ1v) is 29.6. The molecule has 424 valence electrons. The summed E-state index contributed by atoms with van der Waals surface area (Å²) in [6.07, 6.45) is 12.2. The van der Waals surface area contributed by atoms with Gasteiger partial charge in [-0.1, -0.05) is 68.1 Å². The van der Waals surface area contributed by atoms with E-state index in [1.807, 2.05) is 57.2 Å². The van der Waals surface area contributed by atoms with Crippen LogP contribution in [0.25, 0.3) is 0 Å². The van der Waals surface area contributed by atoms with Crippen LogP contribution in [0.3, 0.4) is 0 Å². The normalized spacial score (nSPS) is 22.6. The van der Waals surface area contributed by atoms with Crippen molar-refractivity contribution in [2.24, 2.45) is 11.8 Å². The third-order valence-electron chi connectivity index (χ3n) is 18.1. The van der Waals surface area contributed by atoms with Crippen LogP contribution in [0.5, 0.6) is 0 Å². The van der Waals surface area contributed by atoms with Crippen molar-refractivity contribution >= 4 is 41.0 Å². The maximum absolute atomic E-state index is 14.5. The SMILES string of the molecule is C[C@@H]1C[C@@H](O)c2ncnc(N3CCN(C(=O)[C@H](CNC4CCN(CC5CCN(C(=O)[C@H](NC(=O)c6cccc(C7CCCN(C(=O)CNCc8ccc(F)cc8F)C7)c6)C6CCCCC6)CC5)CC4)c4ccc(Cl)cc4)CC3)c21. The van der Waals surface area contributed by atoms with E-state index in [2.05, 4.69) is 42.6 Å². The Bertz CT molecular complexity index is 2740. The highest BCUT2D eigenvalue weighted by atomic mass is 35.5. The first-order valence-electron chi connectivity index (χ1n) is 29.2. The molecule has 4 amide bonds. The molecule has 4 N–H and O–H groups in total. The molecule has 6 aliphatic rings. The minimum absolute atomic E-state index is 0.0258. The van der Waals surface area contributed by atoms with Gasteiger partial charge in [0.25, 0.3) is 5.91 Å². The highest BCUT2D eigenvalue weighted by Gasteiger charge is 2.38. The molecule has 18 heteroatoms. The van der Waals surface area contributed by atoms with E-state index in [-0.39, 0.29) is 60.4 Å². The van der Waals surface area contributed by atoms with Crippen molar-refractivity contribution < 1.29 is 33.1 Å². The van der Waals surface area contributed by atoms with Crippen molar-refractivity contribution in [2.45, 2.75) is 126 Å². The summed E-state index contributed by atoms with van der Waals surface area (Å²) in [4.78, 5) is 76.0. The van der Waals surface area contributed by atoms with Gasteiger partial charge in [0.2, 0.25) is 17.7 Å². The molecule has 3 aromatic carbocycles. The zero-order valence-electron chi connectivity index (χ0n) is 45.8. The number of nitrogens with zero attached hydrogens (tertiary/aromatic N) is 7. The standard InChI is InChI=1S/C61H79ClF2N10O5/c1-40-31-53(75)57-55(40)58(68-39-67-57)71-27-29-73(30-28-71)60(78)51(42-12-15-48(62)16-13-42)35-66-50-20-23-70(24-21-50)37-41-18-25-72(26-19-41)61(79)56(43-7-3-2-4-8-43)69-59(77)45-10-5-9-44(32-45)47-11-6-22-74(38-47)54(76)36-65-34-46-14-17-49(63)33-52(46)64/h5,9-10,12-17,32-33,39-41,43,47,50-51,53,56,65-66,75H,2-4,6-8,11,18-31,34-38H2,1H3,(H,69,77)/t40-,47?,51-,53-,56-/m1/s1. The zero-order valence-corrected chi connectivity index (χ0v) is 46.5. The molecule has 5 heterocycles. The summed E-state index contributed by atoms with van der Waals surface area (Å²) in [5.41, 5.74) is 4.49. The van der Waals surface area contributed by atoms with Gasteiger partial charge in [0.05, 0.1) is 24.3 Å². The molecule has 0 radical (unpaired) electrons. The number of anilines is 1. The second-order valence-electron chi connectivity index (χ2n) is 23.3. The van der Waals surface area contributed by atoms with Gasteiger partial charge >= 0.3 is 0 Å². The third-order valence-corrected chi connectivity index (χ3v) is 18.3. The predicted octanol–water partition coefficient (Wildman–Crippen LogP) is 7.55. The number of carbonyl (C=O) groups is 4. The summed E-state index contributed by atoms with van der Waals surface area (Å²) >= 11 is 6.32. The van der Waals surface area contributed by atoms with Gasteiger partial charge in [0.15, 0.2) is 0 Å². The Morgan fingerprint density at radius 2 is 1.52 bits per heavy atom. The summed E-state index contributed by atoms with van der Waals surface area (Å²) in [6.45, 7) is 10.7. The molecule has 1 aromatic heterocycles. The average Bonchev–Trinajstić information content (AvgIpc) is 3.84. The van der Waals surface area contributed by atoms with Crippen molar-refractivity contribution in [3.05, 3.63) is 123 Å².